The summed E-state index contributed by atoms with van der Waals surface area (Å²) >= 11 is 0. The molecule has 34 heavy (non-hydrogen) atoms. The lowest BCUT2D eigenvalue weighted by molar-refractivity contribution is -0.178. The molecule has 1 aliphatic heterocycles. The number of halogens is 2. The van der Waals surface area contributed by atoms with Crippen LogP contribution < -0.4 is 10.4 Å². The number of hydrogen-bond donors (Lipinski definition) is 0. The number of aryl methyl sites for hydroxylation is 1. The van der Waals surface area contributed by atoms with Crippen LogP contribution >= 0.6 is 0 Å². The zero-order valence-electron chi connectivity index (χ0n) is 20.5. The number of benzene rings is 3. The normalized spacial score (nSPS) is 20.7. The SMILES string of the molecule is CC(C)(C)[Si](C[C@@H]1COCC(F)(F)[C@@H]1CCc1ccccc1)(c1ccccc1)c1ccccc1. The molecular formula is C30H36F2OSi. The quantitative estimate of drug-likeness (QED) is 0.349. The Hall–Kier alpha value is -2.30. The van der Waals surface area contributed by atoms with Crippen LogP contribution in [0.5, 0.6) is 0 Å². The summed E-state index contributed by atoms with van der Waals surface area (Å²) in [5.74, 6) is -3.70. The van der Waals surface area contributed by atoms with E-state index >= 15 is 8.78 Å². The fourth-order valence-electron chi connectivity index (χ4n) is 5.94. The summed E-state index contributed by atoms with van der Waals surface area (Å²) in [6.45, 7) is 6.81. The standard InChI is InChI=1S/C30H36F2OSi/c1-29(2,3)34(26-15-9-5-10-16-26,27-17-11-6-12-18-27)22-25-21-33-23-30(31,32)28(25)20-19-24-13-7-4-8-14-24/h4-18,25,28H,19-23H2,1-3H3/t25-,28+/m0/s1. The second-order valence-corrected chi connectivity index (χ2v) is 15.6. The van der Waals surface area contributed by atoms with Crippen molar-refractivity contribution in [3.8, 4) is 0 Å². The Labute approximate surface area is 204 Å². The van der Waals surface area contributed by atoms with Crippen LogP contribution in [0.2, 0.25) is 11.1 Å². The summed E-state index contributed by atoms with van der Waals surface area (Å²) in [6.07, 6.45) is 1.14. The van der Waals surface area contributed by atoms with E-state index in [0.717, 1.165) is 11.6 Å². The molecule has 0 radical (unpaired) electrons. The van der Waals surface area contributed by atoms with Crippen LogP contribution in [0.25, 0.3) is 0 Å². The molecule has 1 heterocycles. The lowest BCUT2D eigenvalue weighted by Crippen LogP contribution is -2.66. The molecule has 1 fully saturated rings. The predicted molar refractivity (Wildman–Crippen MR) is 140 cm³/mol. The van der Waals surface area contributed by atoms with E-state index in [-0.39, 0.29) is 11.0 Å². The van der Waals surface area contributed by atoms with Crippen molar-refractivity contribution in [1.82, 2.24) is 0 Å². The van der Waals surface area contributed by atoms with E-state index in [4.69, 9.17) is 4.74 Å². The van der Waals surface area contributed by atoms with Crippen LogP contribution in [-0.2, 0) is 11.2 Å². The number of rotatable bonds is 7. The molecule has 0 N–H and O–H groups in total. The Morgan fingerprint density at radius 3 is 1.82 bits per heavy atom. The summed E-state index contributed by atoms with van der Waals surface area (Å²) in [7, 11) is -2.46. The van der Waals surface area contributed by atoms with Crippen molar-refractivity contribution < 1.29 is 13.5 Å². The van der Waals surface area contributed by atoms with Gasteiger partial charge in [-0.1, -0.05) is 122 Å². The molecule has 0 unspecified atom stereocenters. The van der Waals surface area contributed by atoms with Crippen LogP contribution in [0.1, 0.15) is 32.8 Å². The average Bonchev–Trinajstić information content (AvgIpc) is 2.82. The molecule has 4 rings (SSSR count). The van der Waals surface area contributed by atoms with E-state index in [0.29, 0.717) is 19.4 Å². The van der Waals surface area contributed by atoms with Gasteiger partial charge in [-0.05, 0) is 35.4 Å². The Morgan fingerprint density at radius 1 is 0.824 bits per heavy atom. The van der Waals surface area contributed by atoms with Crippen LogP contribution in [0.15, 0.2) is 91.0 Å². The molecule has 1 saturated heterocycles. The fraction of sp³-hybridized carbons (Fsp3) is 0.400. The van der Waals surface area contributed by atoms with Crippen molar-refractivity contribution in [1.29, 1.82) is 0 Å². The van der Waals surface area contributed by atoms with Crippen molar-refractivity contribution in [2.24, 2.45) is 11.8 Å². The molecule has 1 aliphatic rings. The van der Waals surface area contributed by atoms with E-state index < -0.39 is 26.5 Å². The first kappa shape index (κ1) is 24.8. The third-order valence-corrected chi connectivity index (χ3v) is 14.0. The molecule has 0 saturated carbocycles. The van der Waals surface area contributed by atoms with Crippen molar-refractivity contribution in [2.45, 2.75) is 50.6 Å². The van der Waals surface area contributed by atoms with Gasteiger partial charge in [-0.15, -0.1) is 0 Å². The molecule has 0 amide bonds. The van der Waals surface area contributed by atoms with Gasteiger partial charge in [0, 0.05) is 12.5 Å². The fourth-order valence-corrected chi connectivity index (χ4v) is 11.8. The van der Waals surface area contributed by atoms with Gasteiger partial charge >= 0.3 is 0 Å². The molecular weight excluding hydrogens is 442 g/mol. The zero-order valence-corrected chi connectivity index (χ0v) is 21.5. The number of alkyl halides is 2. The first-order valence-corrected chi connectivity index (χ1v) is 14.6. The van der Waals surface area contributed by atoms with Crippen molar-refractivity contribution >= 4 is 18.4 Å². The average molecular weight is 479 g/mol. The molecule has 2 atom stereocenters. The van der Waals surface area contributed by atoms with Gasteiger partial charge < -0.3 is 4.74 Å². The van der Waals surface area contributed by atoms with Crippen molar-refractivity contribution in [3.05, 3.63) is 96.6 Å². The first-order valence-electron chi connectivity index (χ1n) is 12.3. The lowest BCUT2D eigenvalue weighted by Gasteiger charge is -2.49. The molecule has 3 aromatic rings. The zero-order chi connectivity index (χ0) is 24.2. The minimum Gasteiger partial charge on any atom is -0.375 e. The second kappa shape index (κ2) is 10.1. The highest BCUT2D eigenvalue weighted by Gasteiger charge is 2.54. The maximum atomic E-state index is 15.4. The number of ether oxygens (including phenoxy) is 1. The monoisotopic (exact) mass is 478 g/mol. The van der Waals surface area contributed by atoms with Crippen LogP contribution in [0.3, 0.4) is 0 Å². The topological polar surface area (TPSA) is 9.23 Å². The third-order valence-electron chi connectivity index (χ3n) is 7.71. The molecule has 0 aliphatic carbocycles. The van der Waals surface area contributed by atoms with Gasteiger partial charge in [-0.3, -0.25) is 0 Å². The smallest absolute Gasteiger partial charge is 0.274 e. The lowest BCUT2D eigenvalue weighted by atomic mass is 9.82. The van der Waals surface area contributed by atoms with Gasteiger partial charge in [0.05, 0.1) is 0 Å². The minimum absolute atomic E-state index is 0.0631. The van der Waals surface area contributed by atoms with Crippen LogP contribution in [0.4, 0.5) is 8.78 Å². The van der Waals surface area contributed by atoms with Gasteiger partial charge in [0.15, 0.2) is 0 Å². The van der Waals surface area contributed by atoms with E-state index in [2.05, 4.69) is 69.3 Å². The van der Waals surface area contributed by atoms with Gasteiger partial charge in [0.2, 0.25) is 0 Å². The highest BCUT2D eigenvalue weighted by atomic mass is 28.3. The largest absolute Gasteiger partial charge is 0.375 e. The van der Waals surface area contributed by atoms with Gasteiger partial charge in [0.25, 0.3) is 5.92 Å². The molecule has 0 bridgehead atoms. The summed E-state index contributed by atoms with van der Waals surface area (Å²) in [6, 6.07) is 32.0. The van der Waals surface area contributed by atoms with Gasteiger partial charge in [0.1, 0.15) is 14.7 Å². The van der Waals surface area contributed by atoms with E-state index in [1.807, 2.05) is 42.5 Å². The summed E-state index contributed by atoms with van der Waals surface area (Å²) in [5.41, 5.74) is 1.12. The molecule has 0 spiro atoms. The van der Waals surface area contributed by atoms with Crippen LogP contribution in [-0.4, -0.2) is 27.2 Å². The Balaban J connectivity index is 1.76. The molecule has 4 heteroatoms. The Bertz CT molecular complexity index is 992. The van der Waals surface area contributed by atoms with E-state index in [9.17, 15) is 0 Å². The van der Waals surface area contributed by atoms with Crippen LogP contribution in [0, 0.1) is 11.8 Å². The Kier molecular flexibility index (Phi) is 7.39. The third kappa shape index (κ3) is 5.03. The maximum absolute atomic E-state index is 15.4. The van der Waals surface area contributed by atoms with E-state index in [1.165, 1.54) is 10.4 Å². The maximum Gasteiger partial charge on any atom is 0.274 e. The van der Waals surface area contributed by atoms with Gasteiger partial charge in [-0.2, -0.15) is 0 Å². The summed E-state index contributed by atoms with van der Waals surface area (Å²) in [4.78, 5) is 0. The second-order valence-electron chi connectivity index (χ2n) is 10.8. The van der Waals surface area contributed by atoms with E-state index in [1.54, 1.807) is 0 Å². The van der Waals surface area contributed by atoms with Gasteiger partial charge in [-0.25, -0.2) is 8.78 Å². The molecule has 180 valence electrons. The van der Waals surface area contributed by atoms with Crippen molar-refractivity contribution in [3.63, 3.8) is 0 Å². The highest BCUT2D eigenvalue weighted by molar-refractivity contribution is 7.04. The number of hydrogen-bond acceptors (Lipinski definition) is 1. The molecule has 0 aromatic heterocycles. The predicted octanol–water partition coefficient (Wildman–Crippen LogP) is 6.58. The van der Waals surface area contributed by atoms with Crippen molar-refractivity contribution in [2.75, 3.05) is 13.2 Å². The minimum atomic E-state index is -2.82. The summed E-state index contributed by atoms with van der Waals surface area (Å²) < 4.78 is 36.4. The first-order chi connectivity index (χ1) is 16.2. The summed E-state index contributed by atoms with van der Waals surface area (Å²) in [5, 5.41) is 2.56. The molecule has 1 nitrogen and oxygen atoms in total. The molecule has 3 aromatic carbocycles. The highest BCUT2D eigenvalue weighted by Crippen LogP contribution is 2.47. The Morgan fingerprint density at radius 2 is 1.32 bits per heavy atom.